The fourth-order valence-electron chi connectivity index (χ4n) is 2.35. The Morgan fingerprint density at radius 1 is 1.12 bits per heavy atom. The summed E-state index contributed by atoms with van der Waals surface area (Å²) in [5.41, 5.74) is 4.96. The highest BCUT2D eigenvalue weighted by Crippen LogP contribution is 2.28. The molecule has 7 nitrogen and oxygen atoms in total. The number of carbonyl (C=O) groups is 2. The number of nitrogens with two attached hydrogens (primary N) is 1. The normalized spacial score (nSPS) is 15.6. The van der Waals surface area contributed by atoms with Crippen molar-refractivity contribution in [2.24, 2.45) is 5.73 Å². The molecular weight excluding hydrogens is 336 g/mol. The molecule has 2 unspecified atom stereocenters. The standard InChI is InChI=1S/C19H22N2O5/c1-18(24,19(20,25)21-2)15-10-6-7-13(11-15)12-26-17(23)16(22)14-8-4-3-5-9-14/h3-11,21,24-25H,12,20H2,1-2H3. The minimum absolute atomic E-state index is 0.163. The lowest BCUT2D eigenvalue weighted by Gasteiger charge is -2.38. The zero-order valence-corrected chi connectivity index (χ0v) is 14.6. The number of aliphatic hydroxyl groups is 2. The van der Waals surface area contributed by atoms with E-state index in [0.717, 1.165) is 0 Å². The van der Waals surface area contributed by atoms with Gasteiger partial charge in [-0.1, -0.05) is 48.5 Å². The Hall–Kier alpha value is -2.58. The van der Waals surface area contributed by atoms with E-state index in [2.05, 4.69) is 5.32 Å². The van der Waals surface area contributed by atoms with E-state index in [0.29, 0.717) is 11.1 Å². The number of Topliss-reactive ketones (excluding diaryl/α,β-unsaturated/α-hetero) is 1. The van der Waals surface area contributed by atoms with Crippen LogP contribution < -0.4 is 11.1 Å². The number of likely N-dealkylation sites (N-methyl/N-ethyl adjacent to an activating group) is 1. The van der Waals surface area contributed by atoms with Gasteiger partial charge in [0, 0.05) is 5.56 Å². The number of esters is 1. The average molecular weight is 358 g/mol. The molecule has 2 atom stereocenters. The first-order valence-electron chi connectivity index (χ1n) is 7.97. The van der Waals surface area contributed by atoms with Gasteiger partial charge in [-0.15, -0.1) is 0 Å². The second-order valence-corrected chi connectivity index (χ2v) is 6.06. The van der Waals surface area contributed by atoms with Crippen molar-refractivity contribution in [3.63, 3.8) is 0 Å². The molecule has 0 aliphatic heterocycles. The molecule has 138 valence electrons. The van der Waals surface area contributed by atoms with Gasteiger partial charge in [-0.05, 0) is 31.2 Å². The molecule has 0 amide bonds. The molecule has 2 aromatic rings. The summed E-state index contributed by atoms with van der Waals surface area (Å²) in [6.45, 7) is 1.19. The molecule has 2 aromatic carbocycles. The van der Waals surface area contributed by atoms with E-state index in [9.17, 15) is 19.8 Å². The first kappa shape index (κ1) is 19.7. The molecule has 0 aromatic heterocycles. The highest BCUT2D eigenvalue weighted by Gasteiger charge is 2.43. The molecule has 2 rings (SSSR count). The van der Waals surface area contributed by atoms with Crippen LogP contribution in [-0.2, 0) is 21.7 Å². The number of ether oxygens (including phenoxy) is 1. The molecule has 0 radical (unpaired) electrons. The van der Waals surface area contributed by atoms with Crippen molar-refractivity contribution in [3.8, 4) is 0 Å². The van der Waals surface area contributed by atoms with Crippen molar-refractivity contribution in [1.82, 2.24) is 5.32 Å². The fraction of sp³-hybridized carbons (Fsp3) is 0.263. The van der Waals surface area contributed by atoms with Crippen molar-refractivity contribution >= 4 is 11.8 Å². The van der Waals surface area contributed by atoms with Crippen LogP contribution in [0.2, 0.25) is 0 Å². The molecule has 0 saturated carbocycles. The Labute approximate surface area is 151 Å². The van der Waals surface area contributed by atoms with Crippen LogP contribution in [0.3, 0.4) is 0 Å². The molecule has 0 saturated heterocycles. The number of hydrogen-bond acceptors (Lipinski definition) is 7. The second-order valence-electron chi connectivity index (χ2n) is 6.06. The first-order chi connectivity index (χ1) is 12.2. The molecular formula is C19H22N2O5. The van der Waals surface area contributed by atoms with Gasteiger partial charge in [0.1, 0.15) is 12.2 Å². The lowest BCUT2D eigenvalue weighted by Crippen LogP contribution is -2.65. The number of benzene rings is 2. The van der Waals surface area contributed by atoms with Gasteiger partial charge in [-0.3, -0.25) is 15.8 Å². The molecule has 7 heteroatoms. The third-order valence-corrected chi connectivity index (χ3v) is 4.20. The van der Waals surface area contributed by atoms with E-state index >= 15 is 0 Å². The molecule has 0 heterocycles. The Bertz CT molecular complexity index is 788. The minimum Gasteiger partial charge on any atom is -0.455 e. The molecule has 26 heavy (non-hydrogen) atoms. The first-order valence-corrected chi connectivity index (χ1v) is 7.97. The minimum atomic E-state index is -2.06. The quantitative estimate of drug-likeness (QED) is 0.248. The zero-order chi connectivity index (χ0) is 19.4. The summed E-state index contributed by atoms with van der Waals surface area (Å²) >= 11 is 0. The van der Waals surface area contributed by atoms with Gasteiger partial charge in [0.2, 0.25) is 5.85 Å². The van der Waals surface area contributed by atoms with Gasteiger partial charge in [-0.2, -0.15) is 0 Å². The molecule has 0 fully saturated rings. The third kappa shape index (κ3) is 4.14. The SMILES string of the molecule is CNC(N)(O)C(C)(O)c1cccc(COC(=O)C(=O)c2ccccc2)c1. The zero-order valence-electron chi connectivity index (χ0n) is 14.6. The van der Waals surface area contributed by atoms with Crippen LogP contribution in [0.15, 0.2) is 54.6 Å². The van der Waals surface area contributed by atoms with E-state index in [4.69, 9.17) is 10.5 Å². The third-order valence-electron chi connectivity index (χ3n) is 4.20. The largest absolute Gasteiger partial charge is 0.455 e. The van der Waals surface area contributed by atoms with Crippen LogP contribution in [0.4, 0.5) is 0 Å². The fourth-order valence-corrected chi connectivity index (χ4v) is 2.35. The molecule has 0 aliphatic carbocycles. The summed E-state index contributed by atoms with van der Waals surface area (Å²) in [6.07, 6.45) is 0. The van der Waals surface area contributed by atoms with Crippen molar-refractivity contribution in [2.45, 2.75) is 25.0 Å². The Kier molecular flexibility index (Phi) is 5.89. The van der Waals surface area contributed by atoms with Crippen molar-refractivity contribution in [3.05, 3.63) is 71.3 Å². The van der Waals surface area contributed by atoms with Crippen LogP contribution in [0.25, 0.3) is 0 Å². The van der Waals surface area contributed by atoms with Gasteiger partial charge >= 0.3 is 5.97 Å². The number of rotatable bonds is 7. The topological polar surface area (TPSA) is 122 Å². The maximum absolute atomic E-state index is 12.0. The Morgan fingerprint density at radius 3 is 2.38 bits per heavy atom. The van der Waals surface area contributed by atoms with Crippen LogP contribution in [0.1, 0.15) is 28.4 Å². The molecule has 5 N–H and O–H groups in total. The predicted octanol–water partition coefficient (Wildman–Crippen LogP) is 0.644. The molecule has 0 aliphatic rings. The summed E-state index contributed by atoms with van der Waals surface area (Å²) in [6, 6.07) is 14.5. The van der Waals surface area contributed by atoms with E-state index in [1.807, 2.05) is 0 Å². The molecule has 0 spiro atoms. The van der Waals surface area contributed by atoms with Crippen molar-refractivity contribution in [1.29, 1.82) is 0 Å². The monoisotopic (exact) mass is 358 g/mol. The van der Waals surface area contributed by atoms with Gasteiger partial charge in [0.25, 0.3) is 5.78 Å². The summed E-state index contributed by atoms with van der Waals surface area (Å²) in [5, 5.41) is 23.1. The second kappa shape index (κ2) is 7.76. The van der Waals surface area contributed by atoms with Crippen LogP contribution >= 0.6 is 0 Å². The maximum Gasteiger partial charge on any atom is 0.380 e. The van der Waals surface area contributed by atoms with Crippen LogP contribution in [0.5, 0.6) is 0 Å². The number of nitrogens with one attached hydrogen (secondary N) is 1. The van der Waals surface area contributed by atoms with Crippen molar-refractivity contribution in [2.75, 3.05) is 7.05 Å². The number of carbonyl (C=O) groups excluding carboxylic acids is 2. The van der Waals surface area contributed by atoms with Crippen LogP contribution in [0, 0.1) is 0 Å². The lowest BCUT2D eigenvalue weighted by molar-refractivity contribution is -0.160. The van der Waals surface area contributed by atoms with E-state index in [1.165, 1.54) is 32.2 Å². The predicted molar refractivity (Wildman–Crippen MR) is 94.8 cm³/mol. The highest BCUT2D eigenvalue weighted by molar-refractivity contribution is 6.40. The van der Waals surface area contributed by atoms with Crippen molar-refractivity contribution < 1.29 is 24.5 Å². The Morgan fingerprint density at radius 2 is 1.77 bits per heavy atom. The van der Waals surface area contributed by atoms with Gasteiger partial charge < -0.3 is 14.9 Å². The smallest absolute Gasteiger partial charge is 0.380 e. The molecule has 0 bridgehead atoms. The summed E-state index contributed by atoms with van der Waals surface area (Å²) < 4.78 is 5.04. The van der Waals surface area contributed by atoms with E-state index in [-0.39, 0.29) is 12.2 Å². The summed E-state index contributed by atoms with van der Waals surface area (Å²) in [5.74, 6) is -3.77. The maximum atomic E-state index is 12.0. The lowest BCUT2D eigenvalue weighted by atomic mass is 9.89. The van der Waals surface area contributed by atoms with Gasteiger partial charge in [0.15, 0.2) is 0 Å². The number of ketones is 1. The summed E-state index contributed by atoms with van der Waals surface area (Å²) in [7, 11) is 1.41. The number of hydrogen-bond donors (Lipinski definition) is 4. The summed E-state index contributed by atoms with van der Waals surface area (Å²) in [4.78, 5) is 23.9. The van der Waals surface area contributed by atoms with E-state index in [1.54, 1.807) is 36.4 Å². The van der Waals surface area contributed by atoms with Gasteiger partial charge in [-0.25, -0.2) is 4.79 Å². The van der Waals surface area contributed by atoms with Gasteiger partial charge in [0.05, 0.1) is 0 Å². The highest BCUT2D eigenvalue weighted by atomic mass is 16.5. The van der Waals surface area contributed by atoms with E-state index < -0.39 is 23.2 Å². The average Bonchev–Trinajstić information content (AvgIpc) is 2.66. The Balaban J connectivity index is 2.10. The van der Waals surface area contributed by atoms with Crippen LogP contribution in [-0.4, -0.2) is 34.9 Å².